The molecule has 0 rings (SSSR count). The molecule has 23 heavy (non-hydrogen) atoms. The van der Waals surface area contributed by atoms with Crippen LogP contribution in [-0.4, -0.2) is 39.8 Å². The zero-order valence-electron chi connectivity index (χ0n) is 14.1. The number of ketones is 1. The molecule has 0 aliphatic heterocycles. The van der Waals surface area contributed by atoms with Crippen molar-refractivity contribution in [2.45, 2.75) is 83.2 Å². The number of hydrogen-bond acceptors (Lipinski definition) is 4. The lowest BCUT2D eigenvalue weighted by molar-refractivity contribution is -0.153. The summed E-state index contributed by atoms with van der Waals surface area (Å²) in [4.78, 5) is 21.3. The van der Waals surface area contributed by atoms with Gasteiger partial charge in [0, 0.05) is 6.61 Å². The fourth-order valence-electron chi connectivity index (χ4n) is 2.37. The Morgan fingerprint density at radius 2 is 1.26 bits per heavy atom. The lowest BCUT2D eigenvalue weighted by Gasteiger charge is -2.05. The molecule has 0 radical (unpaired) electrons. The molecule has 0 heterocycles. The van der Waals surface area contributed by atoms with Gasteiger partial charge in [0.1, 0.15) is 6.10 Å². The Labute approximate surface area is 139 Å². The maximum Gasteiger partial charge on any atom is 0.374 e. The number of carbonyl (C=O) groups excluding carboxylic acids is 1. The molecular formula is C18H32O5. The number of carboxylic acid groups (broad SMARTS) is 1. The van der Waals surface area contributed by atoms with Crippen LogP contribution < -0.4 is 0 Å². The molecule has 5 nitrogen and oxygen atoms in total. The van der Waals surface area contributed by atoms with Gasteiger partial charge in [-0.25, -0.2) is 4.79 Å². The van der Waals surface area contributed by atoms with Crippen LogP contribution in [0.5, 0.6) is 0 Å². The highest BCUT2D eigenvalue weighted by Crippen LogP contribution is 2.10. The van der Waals surface area contributed by atoms with Gasteiger partial charge < -0.3 is 15.3 Å². The summed E-state index contributed by atoms with van der Waals surface area (Å²) >= 11 is 0. The molecular weight excluding hydrogens is 296 g/mol. The van der Waals surface area contributed by atoms with Gasteiger partial charge in [-0.05, 0) is 38.5 Å². The van der Waals surface area contributed by atoms with Crippen molar-refractivity contribution >= 4 is 11.8 Å². The van der Waals surface area contributed by atoms with Crippen molar-refractivity contribution in [3.05, 3.63) is 12.2 Å². The number of aliphatic hydroxyl groups excluding tert-OH is 2. The van der Waals surface area contributed by atoms with Gasteiger partial charge in [0.15, 0.2) is 0 Å². The number of hydrogen-bond donors (Lipinski definition) is 3. The second-order valence-corrected chi connectivity index (χ2v) is 5.93. The summed E-state index contributed by atoms with van der Waals surface area (Å²) in [6.07, 6.45) is 14.8. The Bertz CT molecular complexity index is 338. The quantitative estimate of drug-likeness (QED) is 0.230. The third-order valence-corrected chi connectivity index (χ3v) is 3.81. The second-order valence-electron chi connectivity index (χ2n) is 5.93. The lowest BCUT2D eigenvalue weighted by Crippen LogP contribution is -2.27. The normalized spacial score (nSPS) is 12.6. The molecule has 0 aromatic carbocycles. The molecule has 0 aromatic rings. The molecule has 1 unspecified atom stereocenters. The van der Waals surface area contributed by atoms with E-state index in [0.29, 0.717) is 13.0 Å². The van der Waals surface area contributed by atoms with E-state index < -0.39 is 17.9 Å². The number of unbranched alkanes of at least 4 members (excludes halogenated alkanes) is 9. The molecule has 134 valence electrons. The van der Waals surface area contributed by atoms with Crippen molar-refractivity contribution in [2.24, 2.45) is 0 Å². The van der Waals surface area contributed by atoms with E-state index in [0.717, 1.165) is 44.9 Å². The highest BCUT2D eigenvalue weighted by Gasteiger charge is 2.21. The lowest BCUT2D eigenvalue weighted by atomic mass is 10.1. The van der Waals surface area contributed by atoms with Crippen LogP contribution >= 0.6 is 0 Å². The average Bonchev–Trinajstić information content (AvgIpc) is 2.54. The third-order valence-electron chi connectivity index (χ3n) is 3.81. The van der Waals surface area contributed by atoms with Gasteiger partial charge in [-0.1, -0.05) is 50.7 Å². The standard InChI is InChI=1S/C18H32O5/c19-15-13-11-9-7-5-3-1-2-4-6-8-10-12-14-16(20)17(21)18(22)23/h1-2,16,19-20H,3-15H2,(H,22,23). The average molecular weight is 328 g/mol. The van der Waals surface area contributed by atoms with E-state index in [1.165, 1.54) is 19.3 Å². The van der Waals surface area contributed by atoms with Crippen molar-refractivity contribution in [3.8, 4) is 0 Å². The van der Waals surface area contributed by atoms with Crippen molar-refractivity contribution in [1.29, 1.82) is 0 Å². The molecule has 0 aliphatic carbocycles. The topological polar surface area (TPSA) is 94.8 Å². The molecule has 5 heteroatoms. The first-order valence-electron chi connectivity index (χ1n) is 8.80. The highest BCUT2D eigenvalue weighted by molar-refractivity contribution is 6.34. The Hall–Kier alpha value is -1.20. The van der Waals surface area contributed by atoms with Crippen molar-refractivity contribution in [3.63, 3.8) is 0 Å². The number of aliphatic hydroxyl groups is 2. The number of carboxylic acids is 1. The monoisotopic (exact) mass is 328 g/mol. The molecule has 0 aromatic heterocycles. The van der Waals surface area contributed by atoms with Crippen LogP contribution in [0, 0.1) is 0 Å². The first kappa shape index (κ1) is 21.8. The summed E-state index contributed by atoms with van der Waals surface area (Å²) in [6.45, 7) is 0.300. The Morgan fingerprint density at radius 1 is 0.783 bits per heavy atom. The summed E-state index contributed by atoms with van der Waals surface area (Å²) in [5, 5.41) is 26.4. The fraction of sp³-hybridized carbons (Fsp3) is 0.778. The van der Waals surface area contributed by atoms with Crippen molar-refractivity contribution < 1.29 is 24.9 Å². The SMILES string of the molecule is O=C(O)C(=O)C(O)CCCCCCC=CCCCCCCCO. The number of allylic oxidation sites excluding steroid dienone is 2. The van der Waals surface area contributed by atoms with E-state index in [4.69, 9.17) is 10.2 Å². The van der Waals surface area contributed by atoms with Crippen LogP contribution in [-0.2, 0) is 9.59 Å². The minimum absolute atomic E-state index is 0.233. The largest absolute Gasteiger partial charge is 0.475 e. The molecule has 0 saturated heterocycles. The molecule has 0 spiro atoms. The van der Waals surface area contributed by atoms with Crippen LogP contribution in [0.2, 0.25) is 0 Å². The predicted molar refractivity (Wildman–Crippen MR) is 90.3 cm³/mol. The van der Waals surface area contributed by atoms with Gasteiger partial charge in [-0.3, -0.25) is 4.79 Å². The number of rotatable bonds is 16. The highest BCUT2D eigenvalue weighted by atomic mass is 16.4. The summed E-state index contributed by atoms with van der Waals surface area (Å²) in [5.74, 6) is -2.67. The smallest absolute Gasteiger partial charge is 0.374 e. The summed E-state index contributed by atoms with van der Waals surface area (Å²) in [6, 6.07) is 0. The van der Waals surface area contributed by atoms with Crippen molar-refractivity contribution in [1.82, 2.24) is 0 Å². The van der Waals surface area contributed by atoms with Gasteiger partial charge in [0.25, 0.3) is 5.78 Å². The zero-order chi connectivity index (χ0) is 17.3. The van der Waals surface area contributed by atoms with E-state index in [1.807, 2.05) is 0 Å². The van der Waals surface area contributed by atoms with E-state index in [1.54, 1.807) is 0 Å². The third kappa shape index (κ3) is 14.1. The first-order chi connectivity index (χ1) is 11.1. The maximum atomic E-state index is 10.9. The van der Waals surface area contributed by atoms with Gasteiger partial charge in [-0.2, -0.15) is 0 Å². The number of carbonyl (C=O) groups is 2. The van der Waals surface area contributed by atoms with Crippen molar-refractivity contribution in [2.75, 3.05) is 6.61 Å². The van der Waals surface area contributed by atoms with Crippen LogP contribution in [0.1, 0.15) is 77.0 Å². The fourth-order valence-corrected chi connectivity index (χ4v) is 2.37. The van der Waals surface area contributed by atoms with Crippen LogP contribution in [0.3, 0.4) is 0 Å². The molecule has 1 atom stereocenters. The van der Waals surface area contributed by atoms with Gasteiger partial charge in [0.2, 0.25) is 0 Å². The van der Waals surface area contributed by atoms with E-state index in [2.05, 4.69) is 12.2 Å². The molecule has 3 N–H and O–H groups in total. The Morgan fingerprint density at radius 3 is 1.78 bits per heavy atom. The van der Waals surface area contributed by atoms with Crippen LogP contribution in [0.15, 0.2) is 12.2 Å². The summed E-state index contributed by atoms with van der Waals surface area (Å²) in [5.41, 5.74) is 0. The van der Waals surface area contributed by atoms with Gasteiger partial charge >= 0.3 is 5.97 Å². The van der Waals surface area contributed by atoms with Crippen LogP contribution in [0.25, 0.3) is 0 Å². The van der Waals surface area contributed by atoms with Crippen LogP contribution in [0.4, 0.5) is 0 Å². The van der Waals surface area contributed by atoms with E-state index in [9.17, 15) is 14.7 Å². The van der Waals surface area contributed by atoms with E-state index in [-0.39, 0.29) is 6.42 Å². The minimum Gasteiger partial charge on any atom is -0.475 e. The predicted octanol–water partition coefficient (Wildman–Crippen LogP) is 3.23. The Balaban J connectivity index is 3.31. The minimum atomic E-state index is -1.56. The zero-order valence-corrected chi connectivity index (χ0v) is 14.1. The molecule has 0 bridgehead atoms. The summed E-state index contributed by atoms with van der Waals surface area (Å²) < 4.78 is 0. The summed E-state index contributed by atoms with van der Waals surface area (Å²) in [7, 11) is 0. The number of aliphatic carboxylic acids is 1. The first-order valence-corrected chi connectivity index (χ1v) is 8.80. The molecule has 0 fully saturated rings. The maximum absolute atomic E-state index is 10.9. The van der Waals surface area contributed by atoms with Gasteiger partial charge in [0.05, 0.1) is 0 Å². The second kappa shape index (κ2) is 15.7. The van der Waals surface area contributed by atoms with Gasteiger partial charge in [-0.15, -0.1) is 0 Å². The molecule has 0 saturated carbocycles. The molecule has 0 amide bonds. The Kier molecular flexibility index (Phi) is 14.9. The van der Waals surface area contributed by atoms with E-state index >= 15 is 0 Å². The number of Topliss-reactive ketones (excluding diaryl/α,β-unsaturated/α-hetero) is 1. The molecule has 0 aliphatic rings.